The van der Waals surface area contributed by atoms with E-state index in [4.69, 9.17) is 4.74 Å². The van der Waals surface area contributed by atoms with Crippen LogP contribution in [0.5, 0.6) is 0 Å². The SMILES string of the molecule is COC(=O)c1ccc(CN[C@H](C)C(=O)Nc2ccc(N3CCCCC3)cc2)cc1. The van der Waals surface area contributed by atoms with Crippen LogP contribution in [-0.4, -0.2) is 38.1 Å². The number of amides is 1. The summed E-state index contributed by atoms with van der Waals surface area (Å²) in [4.78, 5) is 26.3. The first-order chi connectivity index (χ1) is 14.1. The molecule has 2 aromatic rings. The quantitative estimate of drug-likeness (QED) is 0.701. The van der Waals surface area contributed by atoms with E-state index in [2.05, 4.69) is 27.7 Å². The van der Waals surface area contributed by atoms with Gasteiger partial charge in [0, 0.05) is 31.0 Å². The van der Waals surface area contributed by atoms with Crippen molar-refractivity contribution in [2.45, 2.75) is 38.8 Å². The molecule has 3 rings (SSSR count). The van der Waals surface area contributed by atoms with E-state index in [1.165, 1.54) is 32.1 Å². The molecule has 6 heteroatoms. The number of ether oxygens (including phenoxy) is 1. The van der Waals surface area contributed by atoms with Crippen LogP contribution in [0.2, 0.25) is 0 Å². The molecule has 1 heterocycles. The lowest BCUT2D eigenvalue weighted by Gasteiger charge is -2.28. The number of rotatable bonds is 7. The molecule has 0 spiro atoms. The molecule has 154 valence electrons. The molecule has 0 saturated carbocycles. The van der Waals surface area contributed by atoms with Crippen molar-refractivity contribution in [3.63, 3.8) is 0 Å². The van der Waals surface area contributed by atoms with Crippen LogP contribution in [0.15, 0.2) is 48.5 Å². The molecule has 2 aromatic carbocycles. The molecule has 1 amide bonds. The number of methoxy groups -OCH3 is 1. The predicted octanol–water partition coefficient (Wildman–Crippen LogP) is 3.58. The third-order valence-electron chi connectivity index (χ3n) is 5.24. The minimum atomic E-state index is -0.358. The second kappa shape index (κ2) is 10.1. The smallest absolute Gasteiger partial charge is 0.337 e. The molecule has 0 aliphatic carbocycles. The highest BCUT2D eigenvalue weighted by Gasteiger charge is 2.14. The highest BCUT2D eigenvalue weighted by atomic mass is 16.5. The summed E-state index contributed by atoms with van der Waals surface area (Å²) in [6.45, 7) is 4.57. The van der Waals surface area contributed by atoms with Crippen LogP contribution < -0.4 is 15.5 Å². The van der Waals surface area contributed by atoms with E-state index in [0.717, 1.165) is 24.3 Å². The summed E-state index contributed by atoms with van der Waals surface area (Å²) in [5.41, 5.74) is 3.51. The average molecular weight is 396 g/mol. The van der Waals surface area contributed by atoms with Gasteiger partial charge in [0.05, 0.1) is 18.7 Å². The number of anilines is 2. The standard InChI is InChI=1S/C23H29N3O3/c1-17(24-16-18-6-8-19(9-7-18)23(28)29-2)22(27)25-20-10-12-21(13-11-20)26-14-4-3-5-15-26/h6-13,17,24H,3-5,14-16H2,1-2H3,(H,25,27)/t17-/m1/s1. The minimum Gasteiger partial charge on any atom is -0.465 e. The molecule has 1 aliphatic heterocycles. The van der Waals surface area contributed by atoms with Gasteiger partial charge in [-0.2, -0.15) is 0 Å². The minimum absolute atomic E-state index is 0.0816. The van der Waals surface area contributed by atoms with E-state index in [-0.39, 0.29) is 17.9 Å². The van der Waals surface area contributed by atoms with Gasteiger partial charge in [0.15, 0.2) is 0 Å². The average Bonchev–Trinajstić information content (AvgIpc) is 2.78. The van der Waals surface area contributed by atoms with E-state index >= 15 is 0 Å². The summed E-state index contributed by atoms with van der Waals surface area (Å²) >= 11 is 0. The van der Waals surface area contributed by atoms with Crippen LogP contribution in [0, 0.1) is 0 Å². The van der Waals surface area contributed by atoms with Gasteiger partial charge in [0.1, 0.15) is 0 Å². The first kappa shape index (κ1) is 20.9. The van der Waals surface area contributed by atoms with Crippen molar-refractivity contribution in [1.29, 1.82) is 0 Å². The number of hydrogen-bond acceptors (Lipinski definition) is 5. The molecule has 1 saturated heterocycles. The first-order valence-electron chi connectivity index (χ1n) is 10.1. The summed E-state index contributed by atoms with van der Waals surface area (Å²) in [7, 11) is 1.36. The number of piperidine rings is 1. The van der Waals surface area contributed by atoms with Gasteiger partial charge in [0.25, 0.3) is 0 Å². The van der Waals surface area contributed by atoms with Crippen LogP contribution in [0.1, 0.15) is 42.1 Å². The van der Waals surface area contributed by atoms with Gasteiger partial charge in [0.2, 0.25) is 5.91 Å². The van der Waals surface area contributed by atoms with E-state index < -0.39 is 0 Å². The maximum absolute atomic E-state index is 12.5. The Morgan fingerprint density at radius 1 is 1.00 bits per heavy atom. The Hall–Kier alpha value is -2.86. The van der Waals surface area contributed by atoms with Gasteiger partial charge in [-0.15, -0.1) is 0 Å². The van der Waals surface area contributed by atoms with E-state index in [1.807, 2.05) is 31.2 Å². The summed E-state index contributed by atoms with van der Waals surface area (Å²) in [6, 6.07) is 14.8. The summed E-state index contributed by atoms with van der Waals surface area (Å²) in [5, 5.41) is 6.17. The highest BCUT2D eigenvalue weighted by Crippen LogP contribution is 2.21. The number of benzene rings is 2. The van der Waals surface area contributed by atoms with E-state index in [0.29, 0.717) is 12.1 Å². The Labute approximate surface area is 172 Å². The molecule has 1 atom stereocenters. The summed E-state index contributed by atoms with van der Waals surface area (Å²) in [5.74, 6) is -0.439. The van der Waals surface area contributed by atoms with Gasteiger partial charge < -0.3 is 20.3 Å². The van der Waals surface area contributed by atoms with Crippen molar-refractivity contribution in [3.05, 3.63) is 59.7 Å². The highest BCUT2D eigenvalue weighted by molar-refractivity contribution is 5.94. The maximum atomic E-state index is 12.5. The van der Waals surface area contributed by atoms with Gasteiger partial charge >= 0.3 is 5.97 Å². The van der Waals surface area contributed by atoms with Crippen molar-refractivity contribution in [2.75, 3.05) is 30.4 Å². The number of esters is 1. The largest absolute Gasteiger partial charge is 0.465 e. The molecule has 1 fully saturated rings. The zero-order valence-corrected chi connectivity index (χ0v) is 17.1. The molecule has 2 N–H and O–H groups in total. The van der Waals surface area contributed by atoms with Crippen molar-refractivity contribution >= 4 is 23.3 Å². The van der Waals surface area contributed by atoms with Crippen LogP contribution in [-0.2, 0) is 16.1 Å². The van der Waals surface area contributed by atoms with Gasteiger partial charge in [-0.3, -0.25) is 4.79 Å². The Balaban J connectivity index is 1.48. The fourth-order valence-electron chi connectivity index (χ4n) is 3.40. The zero-order valence-electron chi connectivity index (χ0n) is 17.1. The maximum Gasteiger partial charge on any atom is 0.337 e. The molecular weight excluding hydrogens is 366 g/mol. The molecule has 1 aliphatic rings. The molecule has 0 aromatic heterocycles. The van der Waals surface area contributed by atoms with Crippen LogP contribution in [0.4, 0.5) is 11.4 Å². The normalized spacial score (nSPS) is 14.9. The predicted molar refractivity (Wildman–Crippen MR) is 115 cm³/mol. The number of carbonyl (C=O) groups excluding carboxylic acids is 2. The lowest BCUT2D eigenvalue weighted by Crippen LogP contribution is -2.37. The van der Waals surface area contributed by atoms with Crippen molar-refractivity contribution < 1.29 is 14.3 Å². The Morgan fingerprint density at radius 3 is 2.28 bits per heavy atom. The molecular formula is C23H29N3O3. The van der Waals surface area contributed by atoms with Gasteiger partial charge in [-0.25, -0.2) is 4.79 Å². The Morgan fingerprint density at radius 2 is 1.66 bits per heavy atom. The molecule has 6 nitrogen and oxygen atoms in total. The number of nitrogens with one attached hydrogen (secondary N) is 2. The fraction of sp³-hybridized carbons (Fsp3) is 0.391. The summed E-state index contributed by atoms with van der Waals surface area (Å²) in [6.07, 6.45) is 3.80. The van der Waals surface area contributed by atoms with Gasteiger partial charge in [-0.05, 0) is 68.1 Å². The lowest BCUT2D eigenvalue weighted by molar-refractivity contribution is -0.117. The topological polar surface area (TPSA) is 70.7 Å². The second-order valence-electron chi connectivity index (χ2n) is 7.37. The van der Waals surface area contributed by atoms with Gasteiger partial charge in [-0.1, -0.05) is 12.1 Å². The van der Waals surface area contributed by atoms with Crippen LogP contribution >= 0.6 is 0 Å². The van der Waals surface area contributed by atoms with E-state index in [9.17, 15) is 9.59 Å². The molecule has 0 bridgehead atoms. The number of nitrogens with zero attached hydrogens (tertiary/aromatic N) is 1. The number of carbonyl (C=O) groups is 2. The zero-order chi connectivity index (χ0) is 20.6. The van der Waals surface area contributed by atoms with E-state index in [1.54, 1.807) is 12.1 Å². The lowest BCUT2D eigenvalue weighted by atomic mass is 10.1. The van der Waals surface area contributed by atoms with Crippen molar-refractivity contribution in [2.24, 2.45) is 0 Å². The van der Waals surface area contributed by atoms with Crippen LogP contribution in [0.25, 0.3) is 0 Å². The number of hydrogen-bond donors (Lipinski definition) is 2. The monoisotopic (exact) mass is 395 g/mol. The molecule has 29 heavy (non-hydrogen) atoms. The van der Waals surface area contributed by atoms with Crippen LogP contribution in [0.3, 0.4) is 0 Å². The first-order valence-corrected chi connectivity index (χ1v) is 10.1. The molecule has 0 unspecified atom stereocenters. The molecule has 0 radical (unpaired) electrons. The Bertz CT molecular complexity index is 812. The third kappa shape index (κ3) is 5.81. The third-order valence-corrected chi connectivity index (χ3v) is 5.24. The Kier molecular flexibility index (Phi) is 7.25. The van der Waals surface area contributed by atoms with Crippen molar-refractivity contribution in [1.82, 2.24) is 5.32 Å². The van der Waals surface area contributed by atoms with Crippen molar-refractivity contribution in [3.8, 4) is 0 Å². The second-order valence-corrected chi connectivity index (χ2v) is 7.37. The fourth-order valence-corrected chi connectivity index (χ4v) is 3.40. The summed E-state index contributed by atoms with van der Waals surface area (Å²) < 4.78 is 4.69.